The van der Waals surface area contributed by atoms with Crippen molar-refractivity contribution in [2.24, 2.45) is 0 Å². The van der Waals surface area contributed by atoms with E-state index in [2.05, 4.69) is 46.9 Å². The van der Waals surface area contributed by atoms with Crippen molar-refractivity contribution in [3.63, 3.8) is 0 Å². The third kappa shape index (κ3) is 3.46. The maximum absolute atomic E-state index is 9.56. The van der Waals surface area contributed by atoms with Crippen LogP contribution in [0, 0.1) is 3.57 Å². The van der Waals surface area contributed by atoms with E-state index in [0.717, 1.165) is 17.0 Å². The van der Waals surface area contributed by atoms with E-state index in [4.69, 9.17) is 11.6 Å². The summed E-state index contributed by atoms with van der Waals surface area (Å²) in [4.78, 5) is 0. The molecule has 0 radical (unpaired) electrons. The molecule has 0 aliphatic heterocycles. The number of aliphatic hydroxyl groups is 1. The summed E-state index contributed by atoms with van der Waals surface area (Å²) in [6.07, 6.45) is 0.803. The molecule has 0 fully saturated rings. The van der Waals surface area contributed by atoms with E-state index >= 15 is 0 Å². The zero-order valence-electron chi connectivity index (χ0n) is 9.81. The van der Waals surface area contributed by atoms with Crippen molar-refractivity contribution in [1.82, 2.24) is 0 Å². The monoisotopic (exact) mass is 372 g/mol. The van der Waals surface area contributed by atoms with Gasteiger partial charge in [-0.25, -0.2) is 0 Å². The molecule has 1 N–H and O–H groups in total. The molecule has 0 saturated carbocycles. The zero-order valence-corrected chi connectivity index (χ0v) is 12.7. The van der Waals surface area contributed by atoms with Crippen LogP contribution in [0.1, 0.15) is 17.0 Å². The van der Waals surface area contributed by atoms with Crippen LogP contribution >= 0.6 is 34.2 Å². The van der Waals surface area contributed by atoms with Gasteiger partial charge in [0.25, 0.3) is 0 Å². The maximum atomic E-state index is 9.56. The van der Waals surface area contributed by atoms with Gasteiger partial charge in [-0.15, -0.1) is 0 Å². The van der Waals surface area contributed by atoms with E-state index in [1.54, 1.807) is 0 Å². The molecule has 2 aromatic rings. The van der Waals surface area contributed by atoms with Crippen LogP contribution in [0.3, 0.4) is 0 Å². The molecule has 1 nitrogen and oxygen atoms in total. The number of aliphatic hydroxyl groups excluding tert-OH is 1. The van der Waals surface area contributed by atoms with Gasteiger partial charge in [0.05, 0.1) is 6.61 Å². The summed E-state index contributed by atoms with van der Waals surface area (Å²) in [5.74, 6) is 0.0544. The number of rotatable bonds is 4. The van der Waals surface area contributed by atoms with E-state index in [0.29, 0.717) is 0 Å². The largest absolute Gasteiger partial charge is 0.396 e. The molecule has 3 heteroatoms. The Labute approximate surface area is 126 Å². The van der Waals surface area contributed by atoms with Gasteiger partial charge in [-0.2, -0.15) is 0 Å². The molecule has 0 aromatic heterocycles. The molecule has 1 atom stereocenters. The Bertz CT molecular complexity index is 510. The SMILES string of the molecule is OCC(Cc1ccc(I)cc1)c1ccccc1Cl. The van der Waals surface area contributed by atoms with Crippen LogP contribution in [-0.4, -0.2) is 11.7 Å². The highest BCUT2D eigenvalue weighted by atomic mass is 127. The molecule has 2 aromatic carbocycles. The number of halogens is 2. The number of hydrogen-bond donors (Lipinski definition) is 1. The Kier molecular flexibility index (Phi) is 5.03. The van der Waals surface area contributed by atoms with Gasteiger partial charge in [-0.1, -0.05) is 41.9 Å². The lowest BCUT2D eigenvalue weighted by molar-refractivity contribution is 0.264. The van der Waals surface area contributed by atoms with Crippen LogP contribution < -0.4 is 0 Å². The first-order valence-electron chi connectivity index (χ1n) is 5.80. The average molecular weight is 373 g/mol. The minimum atomic E-state index is 0.0544. The Morgan fingerprint density at radius 1 is 1.06 bits per heavy atom. The molecule has 0 saturated heterocycles. The smallest absolute Gasteiger partial charge is 0.0503 e. The molecule has 1 unspecified atom stereocenters. The quantitative estimate of drug-likeness (QED) is 0.795. The summed E-state index contributed by atoms with van der Waals surface area (Å²) in [5.41, 5.74) is 2.23. The molecule has 18 heavy (non-hydrogen) atoms. The highest BCUT2D eigenvalue weighted by Crippen LogP contribution is 2.27. The van der Waals surface area contributed by atoms with Crippen LogP contribution in [0.4, 0.5) is 0 Å². The van der Waals surface area contributed by atoms with Crippen molar-refractivity contribution >= 4 is 34.2 Å². The predicted molar refractivity (Wildman–Crippen MR) is 84.1 cm³/mol. The molecular formula is C15H14ClIO. The molecule has 0 heterocycles. The van der Waals surface area contributed by atoms with Gasteiger partial charge in [-0.3, -0.25) is 0 Å². The molecular weight excluding hydrogens is 359 g/mol. The van der Waals surface area contributed by atoms with Crippen molar-refractivity contribution in [3.05, 3.63) is 68.3 Å². The summed E-state index contributed by atoms with van der Waals surface area (Å²) in [6, 6.07) is 16.1. The molecule has 94 valence electrons. The highest BCUT2D eigenvalue weighted by Gasteiger charge is 2.14. The van der Waals surface area contributed by atoms with Crippen LogP contribution in [-0.2, 0) is 6.42 Å². The normalized spacial score (nSPS) is 12.4. The van der Waals surface area contributed by atoms with Gasteiger partial charge in [0, 0.05) is 14.5 Å². The Morgan fingerprint density at radius 2 is 1.72 bits per heavy atom. The predicted octanol–water partition coefficient (Wildman–Crippen LogP) is 4.26. The first-order chi connectivity index (χ1) is 8.70. The van der Waals surface area contributed by atoms with Crippen molar-refractivity contribution < 1.29 is 5.11 Å². The molecule has 0 aliphatic rings. The van der Waals surface area contributed by atoms with Crippen LogP contribution in [0.2, 0.25) is 5.02 Å². The fraction of sp³-hybridized carbons (Fsp3) is 0.200. The van der Waals surface area contributed by atoms with Crippen LogP contribution in [0.5, 0.6) is 0 Å². The highest BCUT2D eigenvalue weighted by molar-refractivity contribution is 14.1. The number of benzene rings is 2. The van der Waals surface area contributed by atoms with Gasteiger partial charge in [-0.05, 0) is 58.3 Å². The van der Waals surface area contributed by atoms with E-state index in [1.165, 1.54) is 9.13 Å². The fourth-order valence-electron chi connectivity index (χ4n) is 1.98. The minimum Gasteiger partial charge on any atom is -0.396 e. The Balaban J connectivity index is 2.20. The van der Waals surface area contributed by atoms with Gasteiger partial charge < -0.3 is 5.11 Å². The standard InChI is InChI=1S/C15H14ClIO/c16-15-4-2-1-3-14(15)12(10-18)9-11-5-7-13(17)8-6-11/h1-8,12,18H,9-10H2. The Hall–Kier alpha value is -0.580. The first kappa shape index (κ1) is 13.8. The fourth-order valence-corrected chi connectivity index (χ4v) is 2.63. The lowest BCUT2D eigenvalue weighted by Crippen LogP contribution is -2.08. The summed E-state index contributed by atoms with van der Waals surface area (Å²) in [6.45, 7) is 0.107. The van der Waals surface area contributed by atoms with Crippen molar-refractivity contribution in [2.45, 2.75) is 12.3 Å². The van der Waals surface area contributed by atoms with Crippen LogP contribution in [0.25, 0.3) is 0 Å². The molecule has 0 amide bonds. The molecule has 2 rings (SSSR count). The second kappa shape index (κ2) is 6.55. The van der Waals surface area contributed by atoms with E-state index in [-0.39, 0.29) is 12.5 Å². The lowest BCUT2D eigenvalue weighted by atomic mass is 9.93. The third-order valence-electron chi connectivity index (χ3n) is 2.96. The minimum absolute atomic E-state index is 0.0544. The second-order valence-corrected chi connectivity index (χ2v) is 5.88. The zero-order chi connectivity index (χ0) is 13.0. The molecule has 0 spiro atoms. The summed E-state index contributed by atoms with van der Waals surface area (Å²) in [5, 5.41) is 10.3. The van der Waals surface area contributed by atoms with E-state index in [1.807, 2.05) is 24.3 Å². The topological polar surface area (TPSA) is 20.2 Å². The van der Waals surface area contributed by atoms with Gasteiger partial charge in [0.15, 0.2) is 0 Å². The summed E-state index contributed by atoms with van der Waals surface area (Å²) >= 11 is 8.46. The van der Waals surface area contributed by atoms with Crippen LogP contribution in [0.15, 0.2) is 48.5 Å². The maximum Gasteiger partial charge on any atom is 0.0503 e. The van der Waals surface area contributed by atoms with Gasteiger partial charge in [0.2, 0.25) is 0 Å². The average Bonchev–Trinajstić information content (AvgIpc) is 2.39. The summed E-state index contributed by atoms with van der Waals surface area (Å²) < 4.78 is 1.22. The third-order valence-corrected chi connectivity index (χ3v) is 4.02. The Morgan fingerprint density at radius 3 is 2.33 bits per heavy atom. The van der Waals surface area contributed by atoms with Gasteiger partial charge in [0.1, 0.15) is 0 Å². The van der Waals surface area contributed by atoms with Crippen molar-refractivity contribution in [1.29, 1.82) is 0 Å². The number of hydrogen-bond acceptors (Lipinski definition) is 1. The first-order valence-corrected chi connectivity index (χ1v) is 7.26. The van der Waals surface area contributed by atoms with Crippen molar-refractivity contribution in [3.8, 4) is 0 Å². The van der Waals surface area contributed by atoms with E-state index in [9.17, 15) is 5.11 Å². The molecule has 0 bridgehead atoms. The molecule has 0 aliphatic carbocycles. The van der Waals surface area contributed by atoms with Gasteiger partial charge >= 0.3 is 0 Å². The van der Waals surface area contributed by atoms with E-state index < -0.39 is 0 Å². The summed E-state index contributed by atoms with van der Waals surface area (Å²) in [7, 11) is 0. The second-order valence-electron chi connectivity index (χ2n) is 4.23. The van der Waals surface area contributed by atoms with Crippen molar-refractivity contribution in [2.75, 3.05) is 6.61 Å². The lowest BCUT2D eigenvalue weighted by Gasteiger charge is -2.16.